The monoisotopic (exact) mass is 232 g/mol. The molecule has 1 heterocycles. The Balaban J connectivity index is 1.90. The van der Waals surface area contributed by atoms with Crippen molar-refractivity contribution >= 4 is 0 Å². The molecule has 0 saturated carbocycles. The van der Waals surface area contributed by atoms with Crippen molar-refractivity contribution in [1.29, 1.82) is 0 Å². The minimum absolute atomic E-state index is 0.242. The Morgan fingerprint density at radius 1 is 1.06 bits per heavy atom. The summed E-state index contributed by atoms with van der Waals surface area (Å²) in [6.07, 6.45) is 1.21. The third kappa shape index (κ3) is 5.77. The van der Waals surface area contributed by atoms with E-state index in [1.165, 1.54) is 0 Å². The van der Waals surface area contributed by atoms with Crippen LogP contribution in [0.15, 0.2) is 0 Å². The van der Waals surface area contributed by atoms with Crippen molar-refractivity contribution in [3.05, 3.63) is 0 Å². The summed E-state index contributed by atoms with van der Waals surface area (Å²) in [4.78, 5) is 0. The second kappa shape index (κ2) is 8.90. The summed E-state index contributed by atoms with van der Waals surface area (Å²) >= 11 is 0. The van der Waals surface area contributed by atoms with E-state index in [9.17, 15) is 0 Å². The van der Waals surface area contributed by atoms with Crippen LogP contribution in [0.3, 0.4) is 0 Å². The number of hydrogen-bond donors (Lipinski definition) is 0. The molecule has 0 aromatic heterocycles. The molecule has 1 rings (SSSR count). The van der Waals surface area contributed by atoms with Crippen molar-refractivity contribution in [2.45, 2.75) is 18.6 Å². The van der Waals surface area contributed by atoms with E-state index in [0.29, 0.717) is 39.1 Å². The van der Waals surface area contributed by atoms with Crippen LogP contribution in [0, 0.1) is 0 Å². The van der Waals surface area contributed by atoms with Gasteiger partial charge in [0.15, 0.2) is 0 Å². The number of hydrogen-bond acceptors (Lipinski definition) is 4. The van der Waals surface area contributed by atoms with Crippen molar-refractivity contribution < 1.29 is 18.9 Å². The number of ether oxygens (including phenoxy) is 4. The van der Waals surface area contributed by atoms with Gasteiger partial charge >= 0.3 is 0 Å². The zero-order valence-electron chi connectivity index (χ0n) is 10.2. The Labute approximate surface area is 97.4 Å². The Morgan fingerprint density at radius 2 is 1.88 bits per heavy atom. The molecule has 0 bridgehead atoms. The molecule has 2 unspecified atom stereocenters. The highest BCUT2D eigenvalue weighted by Crippen LogP contribution is 2.11. The minimum Gasteiger partial charge on any atom is -0.383 e. The Hall–Kier alpha value is -0.200. The van der Waals surface area contributed by atoms with Gasteiger partial charge in [0.1, 0.15) is 0 Å². The second-order valence-corrected chi connectivity index (χ2v) is 3.81. The van der Waals surface area contributed by atoms with E-state index in [0.717, 1.165) is 13.0 Å². The average molecular weight is 232 g/mol. The summed E-state index contributed by atoms with van der Waals surface area (Å²) in [6.45, 7) is 3.99. The molecule has 16 heavy (non-hydrogen) atoms. The second-order valence-electron chi connectivity index (χ2n) is 3.81. The lowest BCUT2D eigenvalue weighted by molar-refractivity contribution is -0.00115. The van der Waals surface area contributed by atoms with Gasteiger partial charge in [0.25, 0.3) is 0 Å². The van der Waals surface area contributed by atoms with Crippen LogP contribution in [0.4, 0.5) is 0 Å². The van der Waals surface area contributed by atoms with Crippen molar-refractivity contribution in [2.75, 3.05) is 53.8 Å². The van der Waals surface area contributed by atoms with E-state index in [1.807, 2.05) is 0 Å². The molecule has 2 atom stereocenters. The SMILES string of the molecule is COCCOCCOC1C[N]C(COC)C1. The molecular formula is C11H22NO4. The van der Waals surface area contributed by atoms with Gasteiger partial charge < -0.3 is 18.9 Å². The van der Waals surface area contributed by atoms with Crippen LogP contribution < -0.4 is 5.32 Å². The molecule has 0 aromatic rings. The Kier molecular flexibility index (Phi) is 7.71. The van der Waals surface area contributed by atoms with Crippen LogP contribution in [0.1, 0.15) is 6.42 Å². The lowest BCUT2D eigenvalue weighted by atomic mass is 10.2. The van der Waals surface area contributed by atoms with Crippen LogP contribution in [0.5, 0.6) is 0 Å². The fraction of sp³-hybridized carbons (Fsp3) is 1.00. The van der Waals surface area contributed by atoms with Gasteiger partial charge in [0, 0.05) is 20.8 Å². The van der Waals surface area contributed by atoms with Gasteiger partial charge in [-0.05, 0) is 6.42 Å². The number of rotatable bonds is 9. The minimum atomic E-state index is 0.242. The Morgan fingerprint density at radius 3 is 2.62 bits per heavy atom. The van der Waals surface area contributed by atoms with Crippen LogP contribution in [0.2, 0.25) is 0 Å². The molecule has 1 saturated heterocycles. The molecule has 1 radical (unpaired) electrons. The summed E-state index contributed by atoms with van der Waals surface area (Å²) in [6, 6.07) is 0.310. The average Bonchev–Trinajstić information content (AvgIpc) is 2.72. The van der Waals surface area contributed by atoms with Gasteiger partial charge in [-0.2, -0.15) is 0 Å². The van der Waals surface area contributed by atoms with Gasteiger partial charge in [0.05, 0.1) is 45.2 Å². The first kappa shape index (κ1) is 13.9. The van der Waals surface area contributed by atoms with Gasteiger partial charge in [-0.15, -0.1) is 0 Å². The van der Waals surface area contributed by atoms with E-state index < -0.39 is 0 Å². The predicted octanol–water partition coefficient (Wildman–Crippen LogP) is 0.0577. The van der Waals surface area contributed by atoms with Gasteiger partial charge in [-0.1, -0.05) is 0 Å². The van der Waals surface area contributed by atoms with Crippen molar-refractivity contribution in [1.82, 2.24) is 5.32 Å². The van der Waals surface area contributed by atoms with Gasteiger partial charge in [0.2, 0.25) is 0 Å². The van der Waals surface area contributed by atoms with E-state index in [-0.39, 0.29) is 6.10 Å². The highest BCUT2D eigenvalue weighted by Gasteiger charge is 2.25. The molecule has 0 aliphatic carbocycles. The fourth-order valence-corrected chi connectivity index (χ4v) is 1.67. The molecule has 1 aliphatic heterocycles. The lowest BCUT2D eigenvalue weighted by Crippen LogP contribution is -2.19. The van der Waals surface area contributed by atoms with Crippen LogP contribution >= 0.6 is 0 Å². The van der Waals surface area contributed by atoms with E-state index in [4.69, 9.17) is 18.9 Å². The van der Waals surface area contributed by atoms with E-state index >= 15 is 0 Å². The molecule has 5 heteroatoms. The van der Waals surface area contributed by atoms with E-state index in [2.05, 4.69) is 5.32 Å². The quantitative estimate of drug-likeness (QED) is 0.527. The molecule has 0 amide bonds. The maximum atomic E-state index is 5.64. The summed E-state index contributed by atoms with van der Waals surface area (Å²) < 4.78 is 20.9. The van der Waals surface area contributed by atoms with Crippen molar-refractivity contribution in [3.63, 3.8) is 0 Å². The van der Waals surface area contributed by atoms with Crippen LogP contribution in [-0.4, -0.2) is 65.9 Å². The first-order valence-electron chi connectivity index (χ1n) is 5.70. The molecule has 95 valence electrons. The Bertz CT molecular complexity index is 168. The smallest absolute Gasteiger partial charge is 0.0733 e. The largest absolute Gasteiger partial charge is 0.383 e. The normalized spacial score (nSPS) is 25.1. The maximum absolute atomic E-state index is 5.64. The maximum Gasteiger partial charge on any atom is 0.0733 e. The summed E-state index contributed by atoms with van der Waals surface area (Å²) in [5.74, 6) is 0. The van der Waals surface area contributed by atoms with Gasteiger partial charge in [-0.3, -0.25) is 0 Å². The summed E-state index contributed by atoms with van der Waals surface area (Å²) in [5.41, 5.74) is 0. The highest BCUT2D eigenvalue weighted by atomic mass is 16.5. The molecule has 0 aromatic carbocycles. The first-order valence-corrected chi connectivity index (χ1v) is 5.70. The fourth-order valence-electron chi connectivity index (χ4n) is 1.67. The number of methoxy groups -OCH3 is 2. The molecule has 1 fully saturated rings. The molecule has 1 aliphatic rings. The predicted molar refractivity (Wildman–Crippen MR) is 59.7 cm³/mol. The van der Waals surface area contributed by atoms with E-state index in [1.54, 1.807) is 14.2 Å². The molecule has 5 nitrogen and oxygen atoms in total. The number of nitrogens with zero attached hydrogens (tertiary/aromatic N) is 1. The third-order valence-electron chi connectivity index (χ3n) is 2.47. The summed E-state index contributed by atoms with van der Waals surface area (Å²) in [5, 5.41) is 4.42. The lowest BCUT2D eigenvalue weighted by Gasteiger charge is -2.11. The van der Waals surface area contributed by atoms with Crippen molar-refractivity contribution in [2.24, 2.45) is 0 Å². The molecular weight excluding hydrogens is 210 g/mol. The molecule has 0 spiro atoms. The third-order valence-corrected chi connectivity index (χ3v) is 2.47. The van der Waals surface area contributed by atoms with Crippen LogP contribution in [0.25, 0.3) is 0 Å². The first-order chi connectivity index (χ1) is 7.86. The zero-order valence-corrected chi connectivity index (χ0v) is 10.2. The highest BCUT2D eigenvalue weighted by molar-refractivity contribution is 4.81. The topological polar surface area (TPSA) is 51.0 Å². The zero-order chi connectivity index (χ0) is 11.6. The summed E-state index contributed by atoms with van der Waals surface area (Å²) in [7, 11) is 3.36. The molecule has 0 N–H and O–H groups in total. The standard InChI is InChI=1S/C11H22NO4/c1-13-3-4-15-5-6-16-11-7-10(9-14-2)12-8-11/h10-11H,3-9H2,1-2H3. The van der Waals surface area contributed by atoms with Crippen molar-refractivity contribution in [3.8, 4) is 0 Å². The van der Waals surface area contributed by atoms with Crippen LogP contribution in [-0.2, 0) is 18.9 Å². The van der Waals surface area contributed by atoms with Gasteiger partial charge in [-0.25, -0.2) is 5.32 Å².